The second kappa shape index (κ2) is 5.94. The first kappa shape index (κ1) is 13.7. The number of rotatable bonds is 6. The van der Waals surface area contributed by atoms with E-state index in [-0.39, 0.29) is 0 Å². The first-order valence-electron chi connectivity index (χ1n) is 6.79. The van der Waals surface area contributed by atoms with Crippen LogP contribution in [-0.4, -0.2) is 19.6 Å². The third-order valence-electron chi connectivity index (χ3n) is 3.39. The number of hydrogen-bond donors (Lipinski definition) is 1. The fraction of sp³-hybridized carbons (Fsp3) is 0.600. The molecule has 3 heteroatoms. The first-order valence-corrected chi connectivity index (χ1v) is 7.17. The summed E-state index contributed by atoms with van der Waals surface area (Å²) >= 11 is 6.13. The fourth-order valence-electron chi connectivity index (χ4n) is 2.14. The van der Waals surface area contributed by atoms with Crippen LogP contribution in [0.1, 0.15) is 32.3 Å². The van der Waals surface area contributed by atoms with Gasteiger partial charge in [0.2, 0.25) is 0 Å². The molecule has 1 aromatic carbocycles. The summed E-state index contributed by atoms with van der Waals surface area (Å²) in [4.78, 5) is 2.35. The zero-order valence-corrected chi connectivity index (χ0v) is 12.3. The molecule has 100 valence electrons. The second-order valence-electron chi connectivity index (χ2n) is 5.63. The van der Waals surface area contributed by atoms with Crippen molar-refractivity contribution in [2.24, 2.45) is 5.92 Å². The van der Waals surface area contributed by atoms with Crippen LogP contribution >= 0.6 is 11.6 Å². The van der Waals surface area contributed by atoms with E-state index in [0.717, 1.165) is 24.0 Å². The lowest BCUT2D eigenvalue weighted by molar-refractivity contribution is 0.588. The fourth-order valence-corrected chi connectivity index (χ4v) is 2.31. The third kappa shape index (κ3) is 3.89. The predicted octanol–water partition coefficient (Wildman–Crippen LogP) is 3.68. The van der Waals surface area contributed by atoms with E-state index >= 15 is 0 Å². The highest BCUT2D eigenvalue weighted by atomic mass is 35.5. The molecule has 0 unspecified atom stereocenters. The van der Waals surface area contributed by atoms with Crippen LogP contribution in [0.5, 0.6) is 0 Å². The van der Waals surface area contributed by atoms with E-state index in [1.807, 2.05) is 6.07 Å². The number of benzene rings is 1. The van der Waals surface area contributed by atoms with Gasteiger partial charge in [0.15, 0.2) is 0 Å². The van der Waals surface area contributed by atoms with E-state index in [4.69, 9.17) is 11.6 Å². The molecule has 0 spiro atoms. The lowest BCUT2D eigenvalue weighted by atomic mass is 10.1. The van der Waals surface area contributed by atoms with Gasteiger partial charge < -0.3 is 10.2 Å². The van der Waals surface area contributed by atoms with Crippen molar-refractivity contribution in [2.75, 3.05) is 18.5 Å². The predicted molar refractivity (Wildman–Crippen MR) is 79.4 cm³/mol. The lowest BCUT2D eigenvalue weighted by Crippen LogP contribution is -2.25. The molecule has 2 nitrogen and oxygen atoms in total. The second-order valence-corrected chi connectivity index (χ2v) is 6.07. The molecular weight excluding hydrogens is 244 g/mol. The summed E-state index contributed by atoms with van der Waals surface area (Å²) in [6.45, 7) is 6.39. The molecule has 0 aliphatic heterocycles. The van der Waals surface area contributed by atoms with Crippen LogP contribution in [0.15, 0.2) is 18.2 Å². The maximum Gasteiger partial charge on any atom is 0.0426 e. The van der Waals surface area contributed by atoms with Crippen molar-refractivity contribution in [3.05, 3.63) is 28.8 Å². The third-order valence-corrected chi connectivity index (χ3v) is 3.62. The minimum absolute atomic E-state index is 0.502. The van der Waals surface area contributed by atoms with Gasteiger partial charge in [0.1, 0.15) is 0 Å². The molecule has 1 N–H and O–H groups in total. The van der Waals surface area contributed by atoms with Crippen LogP contribution in [0.2, 0.25) is 5.02 Å². The number of anilines is 1. The summed E-state index contributed by atoms with van der Waals surface area (Å²) in [7, 11) is 2.17. The zero-order valence-electron chi connectivity index (χ0n) is 11.5. The molecule has 0 heterocycles. The van der Waals surface area contributed by atoms with Crippen molar-refractivity contribution in [1.82, 2.24) is 5.32 Å². The SMILES string of the molecule is CC(C)NCc1ccc(Cl)cc1N(C)CC1CC1. The highest BCUT2D eigenvalue weighted by Crippen LogP contribution is 2.32. The highest BCUT2D eigenvalue weighted by Gasteiger charge is 2.23. The molecule has 0 radical (unpaired) electrons. The van der Waals surface area contributed by atoms with Crippen molar-refractivity contribution in [2.45, 2.75) is 39.3 Å². The largest absolute Gasteiger partial charge is 0.374 e. The lowest BCUT2D eigenvalue weighted by Gasteiger charge is -2.23. The molecule has 1 saturated carbocycles. The van der Waals surface area contributed by atoms with Crippen LogP contribution in [0.25, 0.3) is 0 Å². The summed E-state index contributed by atoms with van der Waals surface area (Å²) in [6.07, 6.45) is 2.76. The van der Waals surface area contributed by atoms with Crippen LogP contribution in [0.4, 0.5) is 5.69 Å². The molecular formula is C15H23ClN2. The Kier molecular flexibility index (Phi) is 4.52. The quantitative estimate of drug-likeness (QED) is 0.845. The molecule has 0 aromatic heterocycles. The van der Waals surface area contributed by atoms with Gasteiger partial charge in [-0.2, -0.15) is 0 Å². The minimum Gasteiger partial charge on any atom is -0.374 e. The van der Waals surface area contributed by atoms with E-state index in [9.17, 15) is 0 Å². The first-order chi connectivity index (χ1) is 8.56. The molecule has 0 atom stereocenters. The Hall–Kier alpha value is -0.730. The molecule has 0 saturated heterocycles. The van der Waals surface area contributed by atoms with Crippen molar-refractivity contribution >= 4 is 17.3 Å². The summed E-state index contributed by atoms with van der Waals surface area (Å²) < 4.78 is 0. The maximum absolute atomic E-state index is 6.13. The van der Waals surface area contributed by atoms with Crippen LogP contribution < -0.4 is 10.2 Å². The van der Waals surface area contributed by atoms with E-state index in [2.05, 4.69) is 43.2 Å². The van der Waals surface area contributed by atoms with E-state index < -0.39 is 0 Å². The standard InChI is InChI=1S/C15H23ClN2/c1-11(2)17-9-13-6-7-14(16)8-15(13)18(3)10-12-4-5-12/h6-8,11-12,17H,4-5,9-10H2,1-3H3. The Labute approximate surface area is 115 Å². The van der Waals surface area contributed by atoms with Crippen LogP contribution in [0.3, 0.4) is 0 Å². The highest BCUT2D eigenvalue weighted by molar-refractivity contribution is 6.30. The Morgan fingerprint density at radius 2 is 2.11 bits per heavy atom. The number of hydrogen-bond acceptors (Lipinski definition) is 2. The summed E-state index contributed by atoms with van der Waals surface area (Å²) in [5, 5.41) is 4.30. The van der Waals surface area contributed by atoms with Crippen LogP contribution in [0, 0.1) is 5.92 Å². The molecule has 18 heavy (non-hydrogen) atoms. The summed E-state index contributed by atoms with van der Waals surface area (Å²) in [5.41, 5.74) is 2.60. The summed E-state index contributed by atoms with van der Waals surface area (Å²) in [5.74, 6) is 0.889. The van der Waals surface area contributed by atoms with Gasteiger partial charge in [0.05, 0.1) is 0 Å². The minimum atomic E-state index is 0.502. The molecule has 0 amide bonds. The average Bonchev–Trinajstić information content (AvgIpc) is 3.11. The van der Waals surface area contributed by atoms with Gasteiger partial charge in [0, 0.05) is 36.9 Å². The van der Waals surface area contributed by atoms with Gasteiger partial charge in [-0.3, -0.25) is 0 Å². The van der Waals surface area contributed by atoms with Gasteiger partial charge in [-0.05, 0) is 36.5 Å². The average molecular weight is 267 g/mol. The number of nitrogens with one attached hydrogen (secondary N) is 1. The molecule has 1 aromatic rings. The Balaban J connectivity index is 2.10. The Morgan fingerprint density at radius 3 is 2.72 bits per heavy atom. The van der Waals surface area contributed by atoms with Gasteiger partial charge in [-0.15, -0.1) is 0 Å². The van der Waals surface area contributed by atoms with E-state index in [0.29, 0.717) is 6.04 Å². The Morgan fingerprint density at radius 1 is 1.39 bits per heavy atom. The topological polar surface area (TPSA) is 15.3 Å². The molecule has 1 aliphatic carbocycles. The molecule has 0 bridgehead atoms. The maximum atomic E-state index is 6.13. The molecule has 2 rings (SSSR count). The van der Waals surface area contributed by atoms with Crippen molar-refractivity contribution in [3.8, 4) is 0 Å². The van der Waals surface area contributed by atoms with Gasteiger partial charge >= 0.3 is 0 Å². The van der Waals surface area contributed by atoms with E-state index in [1.165, 1.54) is 24.1 Å². The Bertz CT molecular complexity index is 399. The summed E-state index contributed by atoms with van der Waals surface area (Å²) in [6, 6.07) is 6.70. The van der Waals surface area contributed by atoms with Gasteiger partial charge in [-0.1, -0.05) is 31.5 Å². The van der Waals surface area contributed by atoms with E-state index in [1.54, 1.807) is 0 Å². The number of nitrogens with zero attached hydrogens (tertiary/aromatic N) is 1. The van der Waals surface area contributed by atoms with Crippen molar-refractivity contribution in [1.29, 1.82) is 0 Å². The molecule has 1 aliphatic rings. The number of halogens is 1. The van der Waals surface area contributed by atoms with Crippen molar-refractivity contribution < 1.29 is 0 Å². The van der Waals surface area contributed by atoms with Gasteiger partial charge in [-0.25, -0.2) is 0 Å². The normalized spacial score (nSPS) is 15.2. The zero-order chi connectivity index (χ0) is 13.1. The molecule has 1 fully saturated rings. The smallest absolute Gasteiger partial charge is 0.0426 e. The van der Waals surface area contributed by atoms with Crippen molar-refractivity contribution in [3.63, 3.8) is 0 Å². The monoisotopic (exact) mass is 266 g/mol. The van der Waals surface area contributed by atoms with Crippen LogP contribution in [-0.2, 0) is 6.54 Å². The van der Waals surface area contributed by atoms with Gasteiger partial charge in [0.25, 0.3) is 0 Å².